The van der Waals surface area contributed by atoms with E-state index in [1.54, 1.807) is 4.90 Å². The second kappa shape index (κ2) is 38.5. The highest BCUT2D eigenvalue weighted by molar-refractivity contribution is 6.67. The second-order valence-electron chi connectivity index (χ2n) is 29.1. The first kappa shape index (κ1) is 76.6. The predicted molar refractivity (Wildman–Crippen MR) is 390 cm³/mol. The summed E-state index contributed by atoms with van der Waals surface area (Å²) in [4.78, 5) is 105. The van der Waals surface area contributed by atoms with Crippen molar-refractivity contribution in [1.29, 1.82) is 0 Å². The first-order valence-corrected chi connectivity index (χ1v) is 38.4. The van der Waals surface area contributed by atoms with Gasteiger partial charge in [-0.3, -0.25) is 38.5 Å². The van der Waals surface area contributed by atoms with Crippen molar-refractivity contribution < 1.29 is 43.1 Å². The molecule has 4 N–H and O–H groups in total. The Kier molecular flexibility index (Phi) is 29.8. The van der Waals surface area contributed by atoms with Crippen molar-refractivity contribution in [2.24, 2.45) is 23.7 Å². The summed E-state index contributed by atoms with van der Waals surface area (Å²) in [5.41, 5.74) is 9.53. The van der Waals surface area contributed by atoms with E-state index in [1.165, 1.54) is 71.9 Å². The van der Waals surface area contributed by atoms with Crippen LogP contribution in [0.2, 0.25) is 0 Å². The van der Waals surface area contributed by atoms with E-state index < -0.39 is 10.8 Å². The average Bonchev–Trinajstić information content (AvgIpc) is 0.785. The fraction of sp³-hybridized carbons (Fsp3) is 0.595. The van der Waals surface area contributed by atoms with Gasteiger partial charge in [0.1, 0.15) is 11.5 Å². The van der Waals surface area contributed by atoms with Crippen LogP contribution >= 0.6 is 34.8 Å². The Morgan fingerprint density at radius 1 is 0.495 bits per heavy atom. The first-order valence-electron chi connectivity index (χ1n) is 37.0. The summed E-state index contributed by atoms with van der Waals surface area (Å²) >= 11 is 15.3. The molecule has 4 aromatic carbocycles. The molecule has 0 aromatic heterocycles. The SMILES string of the molecule is CC(C)(C)OC(=O)N1CCc2ccccc2[C@@H]1CNC(=O)C1CCCCC1.O=C(C1CCCCC1)N1CC(=O)N2CCc3ccccc3[C@@H]2C1.O=C(Cl)CCl.O=C(NC[C@@H]1NCCc2ccccc21)C1CCCCC1.O=C(NC[C@H]1c2ccccc2CCN1C(=O)CCl)C1CCCCC1. The summed E-state index contributed by atoms with van der Waals surface area (Å²) in [5, 5.41) is 12.4. The molecular weight excluding hydrogens is 1310 g/mol. The minimum absolute atomic E-state index is 0.0186. The van der Waals surface area contributed by atoms with E-state index in [4.69, 9.17) is 39.5 Å². The maximum absolute atomic E-state index is 12.8. The van der Waals surface area contributed by atoms with Gasteiger partial charge in [-0.1, -0.05) is 174 Å². The van der Waals surface area contributed by atoms with Crippen LogP contribution < -0.4 is 21.3 Å². The Balaban J connectivity index is 0.000000151. The number of piperazine rings is 1. The number of halogens is 3. The number of benzene rings is 4. The molecule has 538 valence electrons. The monoisotopic (exact) mass is 1420 g/mol. The molecule has 4 aromatic rings. The van der Waals surface area contributed by atoms with Crippen LogP contribution in [-0.2, 0) is 64.0 Å². The molecule has 0 spiro atoms. The highest BCUT2D eigenvalue weighted by Gasteiger charge is 2.41. The summed E-state index contributed by atoms with van der Waals surface area (Å²) in [5.74, 6) is 1.31. The third-order valence-electron chi connectivity index (χ3n) is 21.3. The Morgan fingerprint density at radius 2 is 0.889 bits per heavy atom. The van der Waals surface area contributed by atoms with Gasteiger partial charge < -0.3 is 40.7 Å². The highest BCUT2D eigenvalue weighted by Crippen LogP contribution is 2.37. The highest BCUT2D eigenvalue weighted by atomic mass is 35.5. The minimum Gasteiger partial charge on any atom is -0.444 e. The number of carbonyl (C=O) groups is 8. The van der Waals surface area contributed by atoms with Gasteiger partial charge in [0, 0.05) is 75.5 Å². The van der Waals surface area contributed by atoms with Crippen molar-refractivity contribution in [3.05, 3.63) is 142 Å². The number of amides is 7. The lowest BCUT2D eigenvalue weighted by atomic mass is 9.87. The molecule has 4 aliphatic carbocycles. The number of nitrogens with zero attached hydrogens (tertiary/aromatic N) is 4. The molecule has 7 amide bonds. The third-order valence-corrected chi connectivity index (χ3v) is 22.0. The van der Waals surface area contributed by atoms with Crippen molar-refractivity contribution in [2.45, 2.75) is 205 Å². The molecule has 4 saturated carbocycles. The lowest BCUT2D eigenvalue weighted by Gasteiger charge is -2.45. The molecule has 20 heteroatoms. The van der Waals surface area contributed by atoms with E-state index in [0.717, 1.165) is 140 Å². The van der Waals surface area contributed by atoms with Gasteiger partial charge in [-0.2, -0.15) is 0 Å². The molecule has 13 rings (SSSR count). The molecule has 9 aliphatic rings. The Morgan fingerprint density at radius 3 is 1.35 bits per heavy atom. The summed E-state index contributed by atoms with van der Waals surface area (Å²) in [6.07, 6.45) is 25.7. The summed E-state index contributed by atoms with van der Waals surface area (Å²) < 4.78 is 5.62. The number of hydrogen-bond acceptors (Lipinski definition) is 10. The number of rotatable bonds is 12. The van der Waals surface area contributed by atoms with Crippen LogP contribution in [0.5, 0.6) is 0 Å². The van der Waals surface area contributed by atoms with Gasteiger partial charge in [0.25, 0.3) is 0 Å². The molecule has 5 heterocycles. The molecule has 5 aliphatic heterocycles. The van der Waals surface area contributed by atoms with Crippen molar-refractivity contribution in [1.82, 2.24) is 40.9 Å². The van der Waals surface area contributed by atoms with Crippen molar-refractivity contribution in [2.75, 3.05) is 70.7 Å². The van der Waals surface area contributed by atoms with Gasteiger partial charge in [0.15, 0.2) is 0 Å². The van der Waals surface area contributed by atoms with E-state index in [0.29, 0.717) is 39.3 Å². The Hall–Kier alpha value is -6.53. The lowest BCUT2D eigenvalue weighted by molar-refractivity contribution is -0.152. The molecule has 4 atom stereocenters. The summed E-state index contributed by atoms with van der Waals surface area (Å²) in [6, 6.07) is 33.3. The van der Waals surface area contributed by atoms with Crippen LogP contribution in [0.15, 0.2) is 97.1 Å². The second-order valence-corrected chi connectivity index (χ2v) is 30.1. The van der Waals surface area contributed by atoms with Gasteiger partial charge >= 0.3 is 6.09 Å². The average molecular weight is 1420 g/mol. The standard InChI is InChI=1S/C22H32N2O3.C19H25ClN2O2.C19H24N2O2.C17H24N2O.C2H2Cl2O/c1-22(2,3)27-21(26)24-14-13-16-9-7-8-12-18(16)19(24)15-23-20(25)17-10-5-4-6-11-17;20-12-18(23)22-11-10-14-6-4-5-9-16(14)17(22)13-21-19(24)15-7-2-1-3-8-15;22-18-13-20(19(23)15-7-2-1-3-8-15)12-17-16-9-5-4-6-14(16)10-11-21(17)18;20-17(14-7-2-1-3-8-14)19-12-16-15-9-5-4-6-13(15)10-11-18-16;3-1-2(4)5/h7-9,12,17,19H,4-6,10-11,13-15H2,1-3H3,(H,23,25);4-6,9,15,17H,1-3,7-8,10-13H2,(H,21,24);4-6,9,15,17H,1-3,7-8,10-13H2;4-6,9,14,16,18H,1-3,7-8,10-12H2,(H,19,20);1H2/t19-;2*17-;16-;/m0000./s1. The zero-order valence-corrected chi connectivity index (χ0v) is 61.0. The smallest absolute Gasteiger partial charge is 0.410 e. The van der Waals surface area contributed by atoms with Gasteiger partial charge in [0.05, 0.1) is 30.6 Å². The number of carbonyl (C=O) groups excluding carboxylic acids is 8. The largest absolute Gasteiger partial charge is 0.444 e. The molecule has 99 heavy (non-hydrogen) atoms. The third kappa shape index (κ3) is 22.0. The summed E-state index contributed by atoms with van der Waals surface area (Å²) in [7, 11) is 0. The van der Waals surface area contributed by atoms with Crippen molar-refractivity contribution in [3.63, 3.8) is 0 Å². The molecule has 0 bridgehead atoms. The van der Waals surface area contributed by atoms with Crippen LogP contribution in [0.4, 0.5) is 4.79 Å². The van der Waals surface area contributed by atoms with Crippen molar-refractivity contribution in [3.8, 4) is 0 Å². The Labute approximate surface area is 602 Å². The Bertz CT molecular complexity index is 3340. The number of fused-ring (bicyclic) bond motifs is 6. The van der Waals surface area contributed by atoms with Crippen LogP contribution in [0.1, 0.15) is 218 Å². The van der Waals surface area contributed by atoms with Gasteiger partial charge in [0.2, 0.25) is 40.7 Å². The van der Waals surface area contributed by atoms with Gasteiger partial charge in [-0.25, -0.2) is 4.79 Å². The predicted octanol–water partition coefficient (Wildman–Crippen LogP) is 13.4. The number of hydrogen-bond donors (Lipinski definition) is 4. The number of ether oxygens (including phenoxy) is 1. The fourth-order valence-electron chi connectivity index (χ4n) is 16.0. The normalized spacial score (nSPS) is 21.7. The molecule has 17 nitrogen and oxygen atoms in total. The van der Waals surface area contributed by atoms with E-state index >= 15 is 0 Å². The van der Waals surface area contributed by atoms with E-state index in [-0.39, 0.29) is 108 Å². The maximum Gasteiger partial charge on any atom is 0.410 e. The minimum atomic E-state index is -0.538. The molecule has 0 unspecified atom stereocenters. The zero-order chi connectivity index (χ0) is 70.3. The summed E-state index contributed by atoms with van der Waals surface area (Å²) in [6.45, 7) is 11.2. The van der Waals surface area contributed by atoms with E-state index in [9.17, 15) is 38.4 Å². The van der Waals surface area contributed by atoms with E-state index in [1.807, 2.05) is 65.8 Å². The molecule has 0 radical (unpaired) electrons. The maximum atomic E-state index is 12.8. The fourth-order valence-corrected chi connectivity index (χ4v) is 16.2. The van der Waals surface area contributed by atoms with Gasteiger partial charge in [-0.15, -0.1) is 23.2 Å². The zero-order valence-electron chi connectivity index (χ0n) is 58.7. The quantitative estimate of drug-likeness (QED) is 0.0779. The van der Waals surface area contributed by atoms with Crippen molar-refractivity contribution >= 4 is 81.6 Å². The molecular formula is C79H107Cl3N8O9. The molecule has 5 fully saturated rings. The topological polar surface area (TPSA) is 207 Å². The number of alkyl halides is 2. The number of nitrogens with one attached hydrogen (secondary N) is 4. The first-order chi connectivity index (χ1) is 47.9. The van der Waals surface area contributed by atoms with Crippen LogP contribution in [0.3, 0.4) is 0 Å². The molecule has 1 saturated heterocycles. The van der Waals surface area contributed by atoms with Crippen LogP contribution in [0.25, 0.3) is 0 Å². The van der Waals surface area contributed by atoms with Crippen LogP contribution in [0, 0.1) is 23.7 Å². The lowest BCUT2D eigenvalue weighted by Crippen LogP contribution is -2.56. The van der Waals surface area contributed by atoms with Gasteiger partial charge in [-0.05, 0) is 160 Å². The van der Waals surface area contributed by atoms with E-state index in [2.05, 4.69) is 88.0 Å². The van der Waals surface area contributed by atoms with Crippen LogP contribution in [-0.4, -0.2) is 143 Å².